The molecule has 3 N–H and O–H groups in total. The Balaban J connectivity index is 1.76. The van der Waals surface area contributed by atoms with E-state index in [-0.39, 0.29) is 5.91 Å². The number of nitrogens with one attached hydrogen (secondary N) is 3. The largest absolute Gasteiger partial charge is 0.385 e. The van der Waals surface area contributed by atoms with Gasteiger partial charge in [0.25, 0.3) is 5.91 Å². The summed E-state index contributed by atoms with van der Waals surface area (Å²) in [6.45, 7) is 5.28. The molecule has 0 aliphatic heterocycles. The Bertz CT molecular complexity index is 774. The lowest BCUT2D eigenvalue weighted by molar-refractivity contribution is 0.0827. The molecule has 0 radical (unpaired) electrons. The van der Waals surface area contributed by atoms with Crippen LogP contribution in [-0.2, 0) is 6.42 Å². The van der Waals surface area contributed by atoms with Gasteiger partial charge in [-0.3, -0.25) is 9.79 Å². The highest BCUT2D eigenvalue weighted by Crippen LogP contribution is 2.08. The fourth-order valence-corrected chi connectivity index (χ4v) is 2.84. The number of amides is 1. The zero-order chi connectivity index (χ0) is 20.9. The average Bonchev–Trinajstić information content (AvgIpc) is 2.73. The summed E-state index contributed by atoms with van der Waals surface area (Å²) < 4.78 is 0. The average molecular weight is 396 g/mol. The number of nitrogens with zero attached hydrogens (tertiary/aromatic N) is 2. The molecule has 0 aliphatic carbocycles. The van der Waals surface area contributed by atoms with E-state index < -0.39 is 0 Å². The smallest absolute Gasteiger partial charge is 0.253 e. The van der Waals surface area contributed by atoms with Gasteiger partial charge in [-0.05, 0) is 49.6 Å². The molecule has 2 aromatic rings. The highest BCUT2D eigenvalue weighted by molar-refractivity contribution is 5.94. The molecule has 0 heterocycles. The highest BCUT2D eigenvalue weighted by atomic mass is 16.2. The van der Waals surface area contributed by atoms with Crippen LogP contribution in [0, 0.1) is 0 Å². The number of aliphatic imine (C=N–C) groups is 1. The van der Waals surface area contributed by atoms with Crippen molar-refractivity contribution in [2.45, 2.75) is 19.8 Å². The topological polar surface area (TPSA) is 68.8 Å². The van der Waals surface area contributed by atoms with E-state index in [1.54, 1.807) is 19.0 Å². The van der Waals surface area contributed by atoms with Gasteiger partial charge < -0.3 is 20.9 Å². The normalized spacial score (nSPS) is 11.1. The van der Waals surface area contributed by atoms with Crippen molar-refractivity contribution in [2.75, 3.05) is 45.6 Å². The van der Waals surface area contributed by atoms with E-state index in [0.717, 1.165) is 61.8 Å². The van der Waals surface area contributed by atoms with Crippen molar-refractivity contribution < 1.29 is 4.79 Å². The van der Waals surface area contributed by atoms with E-state index in [2.05, 4.69) is 40.0 Å². The van der Waals surface area contributed by atoms with Gasteiger partial charge in [-0.25, -0.2) is 0 Å². The molecule has 6 heteroatoms. The van der Waals surface area contributed by atoms with Crippen molar-refractivity contribution in [3.05, 3.63) is 65.7 Å². The molecule has 156 valence electrons. The third-order valence-electron chi connectivity index (χ3n) is 4.34. The van der Waals surface area contributed by atoms with Gasteiger partial charge in [0.05, 0.1) is 0 Å². The van der Waals surface area contributed by atoms with Crippen LogP contribution in [0.5, 0.6) is 0 Å². The van der Waals surface area contributed by atoms with Gasteiger partial charge in [0, 0.05) is 51.5 Å². The lowest BCUT2D eigenvalue weighted by atomic mass is 10.1. The Kier molecular flexibility index (Phi) is 9.55. The second kappa shape index (κ2) is 12.4. The minimum absolute atomic E-state index is 0.0267. The van der Waals surface area contributed by atoms with Crippen LogP contribution in [0.4, 0.5) is 5.69 Å². The van der Waals surface area contributed by atoms with Crippen LogP contribution in [-0.4, -0.2) is 57.0 Å². The molecule has 0 fully saturated rings. The third kappa shape index (κ3) is 8.25. The first-order valence-electron chi connectivity index (χ1n) is 10.2. The molecule has 0 aliphatic rings. The van der Waals surface area contributed by atoms with Crippen LogP contribution < -0.4 is 16.0 Å². The van der Waals surface area contributed by atoms with E-state index in [0.29, 0.717) is 0 Å². The summed E-state index contributed by atoms with van der Waals surface area (Å²) in [7, 11) is 3.54. The number of benzene rings is 2. The number of carbonyl (C=O) groups is 1. The number of hydrogen-bond donors (Lipinski definition) is 3. The highest BCUT2D eigenvalue weighted by Gasteiger charge is 2.08. The van der Waals surface area contributed by atoms with Crippen molar-refractivity contribution in [1.82, 2.24) is 15.5 Å². The maximum absolute atomic E-state index is 12.1. The second-order valence-corrected chi connectivity index (χ2v) is 6.98. The number of hydrogen-bond acceptors (Lipinski definition) is 3. The lowest BCUT2D eigenvalue weighted by Gasteiger charge is -2.13. The molecular weight excluding hydrogens is 362 g/mol. The van der Waals surface area contributed by atoms with Gasteiger partial charge in [-0.1, -0.05) is 30.3 Å². The van der Waals surface area contributed by atoms with Crippen LogP contribution in [0.3, 0.4) is 0 Å². The van der Waals surface area contributed by atoms with E-state index in [1.165, 1.54) is 0 Å². The monoisotopic (exact) mass is 395 g/mol. The van der Waals surface area contributed by atoms with Gasteiger partial charge >= 0.3 is 0 Å². The first-order valence-corrected chi connectivity index (χ1v) is 10.2. The van der Waals surface area contributed by atoms with Crippen molar-refractivity contribution in [3.8, 4) is 0 Å². The maximum atomic E-state index is 12.1. The summed E-state index contributed by atoms with van der Waals surface area (Å²) in [5, 5.41) is 10.0. The molecule has 0 aromatic heterocycles. The number of guanidine groups is 1. The molecule has 0 bridgehead atoms. The van der Waals surface area contributed by atoms with Crippen LogP contribution >= 0.6 is 0 Å². The zero-order valence-electron chi connectivity index (χ0n) is 17.7. The number of para-hydroxylation sites is 1. The molecule has 6 nitrogen and oxygen atoms in total. The SMILES string of the molecule is CCNC(=NCCCNc1ccccc1)NCCc1cccc(C(=O)N(C)C)c1. The van der Waals surface area contributed by atoms with Crippen molar-refractivity contribution >= 4 is 17.6 Å². The fourth-order valence-electron chi connectivity index (χ4n) is 2.84. The van der Waals surface area contributed by atoms with E-state index in [4.69, 9.17) is 0 Å². The van der Waals surface area contributed by atoms with Crippen LogP contribution in [0.1, 0.15) is 29.3 Å². The molecule has 0 spiro atoms. The predicted molar refractivity (Wildman–Crippen MR) is 122 cm³/mol. The Morgan fingerprint density at radius 3 is 2.52 bits per heavy atom. The Hall–Kier alpha value is -3.02. The summed E-state index contributed by atoms with van der Waals surface area (Å²) in [4.78, 5) is 18.3. The first kappa shape index (κ1) is 22.3. The van der Waals surface area contributed by atoms with E-state index in [1.807, 2.05) is 42.5 Å². The minimum atomic E-state index is 0.0267. The quantitative estimate of drug-likeness (QED) is 0.329. The summed E-state index contributed by atoms with van der Waals surface area (Å²) in [6.07, 6.45) is 1.79. The van der Waals surface area contributed by atoms with Gasteiger partial charge in [-0.2, -0.15) is 0 Å². The van der Waals surface area contributed by atoms with Gasteiger partial charge in [0.1, 0.15) is 0 Å². The molecule has 0 atom stereocenters. The summed E-state index contributed by atoms with van der Waals surface area (Å²) in [5.41, 5.74) is 2.99. The number of anilines is 1. The molecule has 0 saturated carbocycles. The Morgan fingerprint density at radius 1 is 1.00 bits per heavy atom. The molecule has 29 heavy (non-hydrogen) atoms. The van der Waals surface area contributed by atoms with Crippen LogP contribution in [0.2, 0.25) is 0 Å². The summed E-state index contributed by atoms with van der Waals surface area (Å²) in [5.74, 6) is 0.853. The molecule has 2 rings (SSSR count). The van der Waals surface area contributed by atoms with Gasteiger partial charge in [0.15, 0.2) is 5.96 Å². The first-order chi connectivity index (χ1) is 14.1. The Morgan fingerprint density at radius 2 is 1.79 bits per heavy atom. The molecule has 0 unspecified atom stereocenters. The lowest BCUT2D eigenvalue weighted by Crippen LogP contribution is -2.38. The summed E-state index contributed by atoms with van der Waals surface area (Å²) >= 11 is 0. The Labute approximate surface area is 174 Å². The second-order valence-electron chi connectivity index (χ2n) is 6.98. The van der Waals surface area contributed by atoms with Crippen molar-refractivity contribution in [2.24, 2.45) is 4.99 Å². The number of carbonyl (C=O) groups excluding carboxylic acids is 1. The predicted octanol–water partition coefficient (Wildman–Crippen LogP) is 2.99. The number of rotatable bonds is 10. The zero-order valence-corrected chi connectivity index (χ0v) is 17.7. The van der Waals surface area contributed by atoms with E-state index >= 15 is 0 Å². The van der Waals surface area contributed by atoms with Crippen LogP contribution in [0.25, 0.3) is 0 Å². The molecule has 1 amide bonds. The van der Waals surface area contributed by atoms with Crippen molar-refractivity contribution in [1.29, 1.82) is 0 Å². The third-order valence-corrected chi connectivity index (χ3v) is 4.34. The van der Waals surface area contributed by atoms with Crippen LogP contribution in [0.15, 0.2) is 59.6 Å². The molecule has 2 aromatic carbocycles. The molecular formula is C23H33N5O. The standard InChI is InChI=1S/C23H33N5O/c1-4-24-23(26-16-9-15-25-21-12-6-5-7-13-21)27-17-14-19-10-8-11-20(18-19)22(29)28(2)3/h5-8,10-13,18,25H,4,9,14-17H2,1-3H3,(H2,24,26,27). The van der Waals surface area contributed by atoms with E-state index in [9.17, 15) is 4.79 Å². The fraction of sp³-hybridized carbons (Fsp3) is 0.391. The minimum Gasteiger partial charge on any atom is -0.385 e. The molecule has 0 saturated heterocycles. The van der Waals surface area contributed by atoms with Gasteiger partial charge in [-0.15, -0.1) is 0 Å². The van der Waals surface area contributed by atoms with Gasteiger partial charge in [0.2, 0.25) is 0 Å². The van der Waals surface area contributed by atoms with Crippen molar-refractivity contribution in [3.63, 3.8) is 0 Å². The maximum Gasteiger partial charge on any atom is 0.253 e. The summed E-state index contributed by atoms with van der Waals surface area (Å²) in [6, 6.07) is 18.0.